The van der Waals surface area contributed by atoms with Crippen LogP contribution in [0.25, 0.3) is 21.5 Å². The van der Waals surface area contributed by atoms with Crippen molar-refractivity contribution in [1.29, 1.82) is 0 Å². The Morgan fingerprint density at radius 1 is 1.24 bits per heavy atom. The number of rotatable bonds is 2. The third-order valence-corrected chi connectivity index (χ3v) is 6.09. The van der Waals surface area contributed by atoms with E-state index in [1.807, 2.05) is 47.4 Å². The fourth-order valence-electron chi connectivity index (χ4n) is 3.49. The van der Waals surface area contributed by atoms with Crippen molar-refractivity contribution >= 4 is 39.7 Å². The molecule has 1 amide bonds. The number of para-hydroxylation sites is 1. The number of likely N-dealkylation sites (tertiary alicyclic amines) is 1. The lowest BCUT2D eigenvalue weighted by Gasteiger charge is -2.33. The first-order chi connectivity index (χ1) is 12.1. The molecular weight excluding hydrogens is 352 g/mol. The van der Waals surface area contributed by atoms with Crippen molar-refractivity contribution in [3.8, 4) is 10.6 Å². The highest BCUT2D eigenvalue weighted by atomic mass is 35.5. The van der Waals surface area contributed by atoms with E-state index >= 15 is 0 Å². The quantitative estimate of drug-likeness (QED) is 0.585. The van der Waals surface area contributed by atoms with E-state index in [1.54, 1.807) is 0 Å². The van der Waals surface area contributed by atoms with Gasteiger partial charge in [-0.25, -0.2) is 4.98 Å². The Bertz CT molecular complexity index is 936. The maximum atomic E-state index is 13.3. The van der Waals surface area contributed by atoms with E-state index in [0.717, 1.165) is 50.8 Å². The summed E-state index contributed by atoms with van der Waals surface area (Å²) in [5, 5.41) is 0.914. The number of hydrogen-bond donors (Lipinski definition) is 0. The Hall–Kier alpha value is -1.91. The number of pyridine rings is 1. The summed E-state index contributed by atoms with van der Waals surface area (Å²) in [7, 11) is 0. The van der Waals surface area contributed by atoms with Gasteiger partial charge in [0.15, 0.2) is 0 Å². The van der Waals surface area contributed by atoms with Gasteiger partial charge in [-0.2, -0.15) is 0 Å². The van der Waals surface area contributed by atoms with Gasteiger partial charge in [-0.15, -0.1) is 11.3 Å². The number of hydrogen-bond acceptors (Lipinski definition) is 3. The average molecular weight is 371 g/mol. The highest BCUT2D eigenvalue weighted by Gasteiger charge is 2.26. The molecule has 1 aromatic carbocycles. The summed E-state index contributed by atoms with van der Waals surface area (Å²) in [6.45, 7) is 2.97. The third kappa shape index (κ3) is 3.16. The van der Waals surface area contributed by atoms with Crippen LogP contribution in [0, 0.1) is 0 Å². The first kappa shape index (κ1) is 16.6. The summed E-state index contributed by atoms with van der Waals surface area (Å²) < 4.78 is 0.725. The Labute approximate surface area is 156 Å². The molecule has 3 heterocycles. The van der Waals surface area contributed by atoms with Crippen LogP contribution in [0.1, 0.15) is 36.5 Å². The molecule has 1 atom stereocenters. The first-order valence-corrected chi connectivity index (χ1v) is 9.79. The van der Waals surface area contributed by atoms with Crippen LogP contribution in [0.15, 0.2) is 42.5 Å². The van der Waals surface area contributed by atoms with Crippen LogP contribution in [0.3, 0.4) is 0 Å². The molecule has 25 heavy (non-hydrogen) atoms. The average Bonchev–Trinajstić information content (AvgIpc) is 3.07. The summed E-state index contributed by atoms with van der Waals surface area (Å²) in [6.07, 6.45) is 3.34. The Morgan fingerprint density at radius 2 is 2.08 bits per heavy atom. The van der Waals surface area contributed by atoms with Crippen LogP contribution < -0.4 is 0 Å². The van der Waals surface area contributed by atoms with Gasteiger partial charge in [0.2, 0.25) is 0 Å². The van der Waals surface area contributed by atoms with E-state index in [2.05, 4.69) is 6.92 Å². The molecule has 1 saturated heterocycles. The van der Waals surface area contributed by atoms with E-state index in [9.17, 15) is 4.79 Å². The molecule has 3 aromatic rings. The Balaban J connectivity index is 1.85. The van der Waals surface area contributed by atoms with E-state index in [4.69, 9.17) is 16.6 Å². The fraction of sp³-hybridized carbons (Fsp3) is 0.300. The largest absolute Gasteiger partial charge is 0.336 e. The van der Waals surface area contributed by atoms with Crippen molar-refractivity contribution in [2.24, 2.45) is 0 Å². The molecule has 0 N–H and O–H groups in total. The van der Waals surface area contributed by atoms with Gasteiger partial charge in [0, 0.05) is 18.0 Å². The topological polar surface area (TPSA) is 33.2 Å². The molecule has 4 rings (SSSR count). The van der Waals surface area contributed by atoms with Crippen molar-refractivity contribution in [3.05, 3.63) is 52.4 Å². The lowest BCUT2D eigenvalue weighted by Crippen LogP contribution is -2.42. The van der Waals surface area contributed by atoms with Gasteiger partial charge in [0.25, 0.3) is 5.91 Å². The Kier molecular flexibility index (Phi) is 4.48. The van der Waals surface area contributed by atoms with Gasteiger partial charge in [0.1, 0.15) is 0 Å². The Morgan fingerprint density at radius 3 is 2.84 bits per heavy atom. The second-order valence-electron chi connectivity index (χ2n) is 6.52. The monoisotopic (exact) mass is 370 g/mol. The van der Waals surface area contributed by atoms with Gasteiger partial charge in [0.05, 0.1) is 26.0 Å². The molecule has 0 spiro atoms. The number of nitrogens with zero attached hydrogens (tertiary/aromatic N) is 2. The van der Waals surface area contributed by atoms with Crippen molar-refractivity contribution in [2.45, 2.75) is 32.2 Å². The molecule has 128 valence electrons. The highest BCUT2D eigenvalue weighted by Crippen LogP contribution is 2.33. The minimum absolute atomic E-state index is 0.106. The van der Waals surface area contributed by atoms with Crippen LogP contribution in [-0.2, 0) is 0 Å². The van der Waals surface area contributed by atoms with Gasteiger partial charge >= 0.3 is 0 Å². The first-order valence-electron chi connectivity index (χ1n) is 8.60. The van der Waals surface area contributed by atoms with Crippen molar-refractivity contribution in [2.75, 3.05) is 6.54 Å². The second-order valence-corrected chi connectivity index (χ2v) is 8.23. The zero-order valence-corrected chi connectivity index (χ0v) is 15.6. The fourth-order valence-corrected chi connectivity index (χ4v) is 4.49. The summed E-state index contributed by atoms with van der Waals surface area (Å²) >= 11 is 7.57. The van der Waals surface area contributed by atoms with Gasteiger partial charge < -0.3 is 4.90 Å². The zero-order valence-electron chi connectivity index (χ0n) is 14.0. The van der Waals surface area contributed by atoms with Crippen LogP contribution in [0.4, 0.5) is 0 Å². The molecule has 0 unspecified atom stereocenters. The van der Waals surface area contributed by atoms with E-state index in [1.165, 1.54) is 17.8 Å². The molecule has 2 aromatic heterocycles. The van der Waals surface area contributed by atoms with Crippen LogP contribution in [0.2, 0.25) is 4.34 Å². The highest BCUT2D eigenvalue weighted by molar-refractivity contribution is 7.19. The van der Waals surface area contributed by atoms with Crippen molar-refractivity contribution in [1.82, 2.24) is 9.88 Å². The summed E-state index contributed by atoms with van der Waals surface area (Å²) in [4.78, 5) is 21.0. The predicted octanol–water partition coefficient (Wildman–Crippen LogP) is 5.63. The minimum Gasteiger partial charge on any atom is -0.336 e. The summed E-state index contributed by atoms with van der Waals surface area (Å²) in [5.41, 5.74) is 2.39. The number of thiophene rings is 1. The smallest absolute Gasteiger partial charge is 0.254 e. The number of carbonyl (C=O) groups is 1. The van der Waals surface area contributed by atoms with Crippen molar-refractivity contribution < 1.29 is 4.79 Å². The van der Waals surface area contributed by atoms with Gasteiger partial charge in [-0.3, -0.25) is 4.79 Å². The molecule has 0 aliphatic carbocycles. The summed E-state index contributed by atoms with van der Waals surface area (Å²) in [6, 6.07) is 13.9. The van der Waals surface area contributed by atoms with Gasteiger partial charge in [-0.1, -0.05) is 29.8 Å². The normalized spacial score (nSPS) is 17.8. The second kappa shape index (κ2) is 6.77. The standard InChI is InChI=1S/C20H19ClN2OS/c1-13-6-4-5-11-23(13)20(24)15-12-17(18-9-10-19(21)25-18)22-16-8-3-2-7-14(15)16/h2-3,7-10,12-13H,4-6,11H2,1H3/t13-/m1/s1. The number of piperidine rings is 1. The molecule has 5 heteroatoms. The lowest BCUT2D eigenvalue weighted by molar-refractivity contribution is 0.0637. The van der Waals surface area contributed by atoms with E-state index in [0.29, 0.717) is 0 Å². The molecule has 0 saturated carbocycles. The number of aromatic nitrogens is 1. The maximum Gasteiger partial charge on any atom is 0.254 e. The minimum atomic E-state index is 0.106. The molecule has 1 aliphatic rings. The number of benzene rings is 1. The molecule has 1 aliphatic heterocycles. The predicted molar refractivity (Wildman–Crippen MR) is 104 cm³/mol. The third-order valence-electron chi connectivity index (χ3n) is 4.84. The van der Waals surface area contributed by atoms with Gasteiger partial charge in [-0.05, 0) is 50.5 Å². The molecule has 0 radical (unpaired) electrons. The maximum absolute atomic E-state index is 13.3. The molecule has 1 fully saturated rings. The zero-order chi connectivity index (χ0) is 17.4. The SMILES string of the molecule is C[C@@H]1CCCCN1C(=O)c1cc(-c2ccc(Cl)s2)nc2ccccc12. The number of halogens is 1. The van der Waals surface area contributed by atoms with E-state index in [-0.39, 0.29) is 11.9 Å². The van der Waals surface area contributed by atoms with E-state index < -0.39 is 0 Å². The number of fused-ring (bicyclic) bond motifs is 1. The van der Waals surface area contributed by atoms with Crippen LogP contribution >= 0.6 is 22.9 Å². The van der Waals surface area contributed by atoms with Crippen LogP contribution in [0.5, 0.6) is 0 Å². The lowest BCUT2D eigenvalue weighted by atomic mass is 10.00. The number of carbonyl (C=O) groups excluding carboxylic acids is 1. The molecule has 3 nitrogen and oxygen atoms in total. The molecular formula is C20H19ClN2OS. The molecule has 0 bridgehead atoms. The van der Waals surface area contributed by atoms with Crippen LogP contribution in [-0.4, -0.2) is 28.4 Å². The number of amides is 1. The van der Waals surface area contributed by atoms with Crippen molar-refractivity contribution in [3.63, 3.8) is 0 Å². The summed E-state index contributed by atoms with van der Waals surface area (Å²) in [5.74, 6) is 0.106.